The van der Waals surface area contributed by atoms with Crippen LogP contribution in [-0.2, 0) is 96.0 Å². The second-order valence-electron chi connectivity index (χ2n) is 30.4. The second-order valence-corrected chi connectivity index (χ2v) is 30.4. The molecule has 0 aromatic heterocycles. The molecule has 6 rings (SSSR count). The fourth-order valence-electron chi connectivity index (χ4n) is 14.0. The van der Waals surface area contributed by atoms with Crippen LogP contribution in [0.25, 0.3) is 0 Å². The number of likely N-dealkylation sites (tertiary alicyclic amines) is 3. The van der Waals surface area contributed by atoms with Crippen molar-refractivity contribution in [1.29, 1.82) is 10.8 Å². The minimum Gasteiger partial charge on any atom is -0.508 e. The van der Waals surface area contributed by atoms with Gasteiger partial charge in [0.2, 0.25) is 76.8 Å². The van der Waals surface area contributed by atoms with Gasteiger partial charge >= 0.3 is 17.9 Å². The number of phenols is 3. The maximum absolute atomic E-state index is 15.3. The number of aliphatic carboxylic acids is 3. The number of rotatable bonds is 46. The van der Waals surface area contributed by atoms with Crippen LogP contribution in [0.5, 0.6) is 17.2 Å². The Morgan fingerprint density at radius 3 is 1.15 bits per heavy atom. The molecular weight excluding hydrogens is 1580 g/mol. The Kier molecular flexibility index (Phi) is 37.6. The maximum atomic E-state index is 15.3. The predicted molar refractivity (Wildman–Crippen MR) is 430 cm³/mol. The topological polar surface area (TPSA) is 695 Å². The highest BCUT2D eigenvalue weighted by atomic mass is 16.4. The summed E-state index contributed by atoms with van der Waals surface area (Å²) in [6.45, 7) is 4.83. The normalized spacial score (nSPS) is 17.6. The molecule has 13 amide bonds. The first-order chi connectivity index (χ1) is 57.2. The minimum atomic E-state index is -1.84. The van der Waals surface area contributed by atoms with Gasteiger partial charge in [0.15, 0.2) is 11.9 Å². The summed E-state index contributed by atoms with van der Waals surface area (Å²) < 4.78 is 0. The highest BCUT2D eigenvalue weighted by Gasteiger charge is 2.45. The van der Waals surface area contributed by atoms with Gasteiger partial charge in [-0.25, -0.2) is 0 Å². The zero-order valence-corrected chi connectivity index (χ0v) is 67.6. The largest absolute Gasteiger partial charge is 0.508 e. The molecule has 3 aromatic carbocycles. The lowest BCUT2D eigenvalue weighted by Crippen LogP contribution is -2.61. The molecule has 0 bridgehead atoms. The van der Waals surface area contributed by atoms with E-state index < -0.39 is 217 Å². The molecule has 0 radical (unpaired) electrons. The number of aliphatic hydroxyl groups excluding tert-OH is 1. The number of carbonyl (C=O) groups is 16. The van der Waals surface area contributed by atoms with Gasteiger partial charge in [0.1, 0.15) is 102 Å². The van der Waals surface area contributed by atoms with Crippen molar-refractivity contribution in [2.75, 3.05) is 39.3 Å². The van der Waals surface area contributed by atoms with Crippen molar-refractivity contribution in [1.82, 2.24) is 78.5 Å². The molecular formula is C78H112N20O23. The number of carbonyl (C=O) groups excluding carboxylic acids is 13. The Balaban J connectivity index is 1.23. The summed E-state index contributed by atoms with van der Waals surface area (Å²) in [7, 11) is 0. The third-order valence-corrected chi connectivity index (χ3v) is 20.4. The molecule has 3 fully saturated rings. The molecule has 3 aromatic rings. The lowest BCUT2D eigenvalue weighted by molar-refractivity contribution is -0.146. The van der Waals surface area contributed by atoms with Crippen LogP contribution in [0.15, 0.2) is 72.8 Å². The van der Waals surface area contributed by atoms with Crippen molar-refractivity contribution < 1.29 is 112 Å². The third-order valence-electron chi connectivity index (χ3n) is 20.4. The summed E-state index contributed by atoms with van der Waals surface area (Å²) in [6.07, 6.45) is -2.62. The second kappa shape index (κ2) is 47.0. The van der Waals surface area contributed by atoms with E-state index in [1.807, 2.05) is 0 Å². The molecule has 0 unspecified atom stereocenters. The number of benzene rings is 3. The van der Waals surface area contributed by atoms with E-state index in [0.29, 0.717) is 16.7 Å². The van der Waals surface area contributed by atoms with E-state index in [0.717, 1.165) is 11.8 Å². The SMILES string of the molecule is CC(C)C[C@H](NC(=O)[C@H](Cc1ccc(O)cc1)NC(=O)[C@H](CCCNC(=N)N)NC(=O)[C@@H]1CCCN1C(=O)[C@H](Cc1ccc(O)cc1)NC(=O)[C@H](CCCNC(=N)N)NC(=O)[C@H](C)NC(=O)[C@@H]1CCCN1C(=O)[C@H](CC(=O)O)NC(=O)[C@H](Cc1ccc(O)cc1)NC(=O)[C@@H](N)CO)C(=O)N1CCC[C@H]1C(=O)N[C@@H](CCC(=O)O)C(=O)N[C@@H](C)C(=O)O. The van der Waals surface area contributed by atoms with E-state index in [4.69, 9.17) is 28.0 Å². The molecule has 121 heavy (non-hydrogen) atoms. The van der Waals surface area contributed by atoms with Gasteiger partial charge in [0, 0.05) is 58.4 Å². The molecule has 43 nitrogen and oxygen atoms in total. The average Bonchev–Trinajstić information content (AvgIpc) is 1.74. The number of nitrogens with zero attached hydrogens (tertiary/aromatic N) is 3. The summed E-state index contributed by atoms with van der Waals surface area (Å²) in [5, 5.41) is 115. The van der Waals surface area contributed by atoms with Crippen molar-refractivity contribution in [2.24, 2.45) is 23.1 Å². The molecule has 14 atom stereocenters. The maximum Gasteiger partial charge on any atom is 0.325 e. The van der Waals surface area contributed by atoms with E-state index in [1.165, 1.54) is 89.5 Å². The zero-order chi connectivity index (χ0) is 89.5. The van der Waals surface area contributed by atoms with Crippen molar-refractivity contribution in [2.45, 2.75) is 221 Å². The van der Waals surface area contributed by atoms with E-state index >= 15 is 9.59 Å². The van der Waals surface area contributed by atoms with Crippen molar-refractivity contribution in [3.05, 3.63) is 89.5 Å². The van der Waals surface area contributed by atoms with Crippen molar-refractivity contribution in [3.8, 4) is 17.2 Å². The first kappa shape index (κ1) is 96.9. The fraction of sp³-hybridized carbons (Fsp3) is 0.538. The molecule has 27 N–H and O–H groups in total. The van der Waals surface area contributed by atoms with Crippen LogP contribution in [0.2, 0.25) is 0 Å². The number of nitrogens with two attached hydrogens (primary N) is 3. The van der Waals surface area contributed by atoms with E-state index in [9.17, 15) is 103 Å². The lowest BCUT2D eigenvalue weighted by Gasteiger charge is -2.32. The molecule has 3 saturated heterocycles. The number of aromatic hydroxyl groups is 3. The summed E-state index contributed by atoms with van der Waals surface area (Å²) >= 11 is 0. The van der Waals surface area contributed by atoms with Crippen LogP contribution < -0.4 is 81.0 Å². The summed E-state index contributed by atoms with van der Waals surface area (Å²) in [6, 6.07) is -4.32. The molecule has 3 aliphatic rings. The third kappa shape index (κ3) is 30.7. The number of carboxylic acid groups (broad SMARTS) is 3. The molecule has 662 valence electrons. The van der Waals surface area contributed by atoms with E-state index in [1.54, 1.807) is 13.8 Å². The van der Waals surface area contributed by atoms with Gasteiger partial charge in [-0.2, -0.15) is 0 Å². The van der Waals surface area contributed by atoms with Crippen LogP contribution in [0.3, 0.4) is 0 Å². The van der Waals surface area contributed by atoms with Gasteiger partial charge in [0.05, 0.1) is 13.0 Å². The van der Waals surface area contributed by atoms with Crippen molar-refractivity contribution in [3.63, 3.8) is 0 Å². The van der Waals surface area contributed by atoms with Gasteiger partial charge in [-0.1, -0.05) is 50.2 Å². The molecule has 0 saturated carbocycles. The van der Waals surface area contributed by atoms with Gasteiger partial charge in [-0.15, -0.1) is 0 Å². The fourth-order valence-corrected chi connectivity index (χ4v) is 14.0. The number of hydrogen-bond acceptors (Lipinski definition) is 23. The number of aliphatic hydroxyl groups is 1. The summed E-state index contributed by atoms with van der Waals surface area (Å²) in [4.78, 5) is 226. The number of phenolic OH excluding ortho intramolecular Hbond substituents is 3. The zero-order valence-electron chi connectivity index (χ0n) is 67.6. The van der Waals surface area contributed by atoms with Crippen LogP contribution >= 0.6 is 0 Å². The number of nitrogens with one attached hydrogen (secondary N) is 14. The molecule has 43 heteroatoms. The Bertz CT molecular complexity index is 4200. The average molecular weight is 1700 g/mol. The highest BCUT2D eigenvalue weighted by Crippen LogP contribution is 2.26. The first-order valence-electron chi connectivity index (χ1n) is 39.7. The minimum absolute atomic E-state index is 0.00816. The Labute approximate surface area is 696 Å². The van der Waals surface area contributed by atoms with E-state index in [2.05, 4.69) is 63.8 Å². The molecule has 3 aliphatic heterocycles. The molecule has 3 heterocycles. The smallest absolute Gasteiger partial charge is 0.325 e. The predicted octanol–water partition coefficient (Wildman–Crippen LogP) is -4.99. The molecule has 0 spiro atoms. The first-order valence-corrected chi connectivity index (χ1v) is 39.7. The van der Waals surface area contributed by atoms with Crippen LogP contribution in [0, 0.1) is 16.7 Å². The number of hydrogen-bond donors (Lipinski definition) is 24. The Morgan fingerprint density at radius 2 is 0.752 bits per heavy atom. The number of amides is 13. The van der Waals surface area contributed by atoms with Gasteiger partial charge in [-0.05, 0) is 150 Å². The molecule has 0 aliphatic carbocycles. The van der Waals surface area contributed by atoms with Crippen molar-refractivity contribution >= 4 is 107 Å². The Morgan fingerprint density at radius 1 is 0.413 bits per heavy atom. The van der Waals surface area contributed by atoms with Crippen LogP contribution in [0.4, 0.5) is 0 Å². The van der Waals surface area contributed by atoms with E-state index in [-0.39, 0.29) is 146 Å². The highest BCUT2D eigenvalue weighted by molar-refractivity contribution is 6.01. The van der Waals surface area contributed by atoms with Crippen LogP contribution in [0.1, 0.15) is 134 Å². The quantitative estimate of drug-likeness (QED) is 0.0143. The number of carboxylic acids is 3. The van der Waals surface area contributed by atoms with Gasteiger partial charge < -0.3 is 131 Å². The summed E-state index contributed by atoms with van der Waals surface area (Å²) in [5.74, 6) is -18.0. The van der Waals surface area contributed by atoms with Gasteiger partial charge in [0.25, 0.3) is 0 Å². The van der Waals surface area contributed by atoms with Gasteiger partial charge in [-0.3, -0.25) is 87.5 Å². The lowest BCUT2D eigenvalue weighted by atomic mass is 9.99. The van der Waals surface area contributed by atoms with Crippen LogP contribution in [-0.4, -0.2) is 281 Å². The number of guanidine groups is 2. The summed E-state index contributed by atoms with van der Waals surface area (Å²) in [5.41, 5.74) is 18.0. The standard InChI is InChI=1S/C78H112N20O23/c1-40(2)34-55(73(117)97-32-8-14-60(97)72(116)90-52(27-28-61(103)104)65(109)87-42(4)76(120)121)93-69(113)54(36-44-17-23-47(101)24-18-44)92-66(110)51(11-6-30-85-78(82)83)89-71(115)59-13-9-33-98(59)74(118)56(37-45-19-25-48(102)26-20-45)94-67(111)50(10-5-29-84-77(80)81)88-63(107)41(3)86-70(114)58-12-7-31-96(58)75(119)57(38-62(105)106)95-68(112)53(91-64(108)49(79)39-99)35-43-15-21-46(100)22-16-43/h15-26,40-42,49-60,99-102H,5-14,27-39,79H2,1-4H3,(H,86,114)(H,87,109)(H,88,107)(H,89,115)(H,90,116)(H,91,108)(H,92,110)(H,93,113)(H,94,111)(H,95,112)(H,103,104)(H,105,106)(H,120,121)(H4,80,81,84)(H4,82,83,85)/t41-,42-,49-,50-,51-,52-,53-,54-,55-,56-,57-,58-,59-,60-/m0/s1. The monoisotopic (exact) mass is 1700 g/mol. The Hall–Kier alpha value is -13.0.